The number of aromatic nitrogens is 1. The maximum absolute atomic E-state index is 13.2. The summed E-state index contributed by atoms with van der Waals surface area (Å²) in [5.41, 5.74) is 1.41. The average Bonchev–Trinajstić information content (AvgIpc) is 3.31. The van der Waals surface area contributed by atoms with Crippen molar-refractivity contribution in [3.05, 3.63) is 53.7 Å². The van der Waals surface area contributed by atoms with Gasteiger partial charge in [-0.15, -0.1) is 0 Å². The van der Waals surface area contributed by atoms with Gasteiger partial charge in [-0.25, -0.2) is 4.98 Å². The zero-order chi connectivity index (χ0) is 18.9. The molecule has 0 saturated carbocycles. The van der Waals surface area contributed by atoms with Crippen LogP contribution in [0, 0.1) is 12.3 Å². The lowest BCUT2D eigenvalue weighted by molar-refractivity contribution is -0.145. The molecule has 4 rings (SSSR count). The van der Waals surface area contributed by atoms with Gasteiger partial charge in [0, 0.05) is 26.2 Å². The molecule has 1 unspecified atom stereocenters. The lowest BCUT2D eigenvalue weighted by Gasteiger charge is -2.39. The predicted octanol–water partition coefficient (Wildman–Crippen LogP) is 2.68. The van der Waals surface area contributed by atoms with Gasteiger partial charge < -0.3 is 14.2 Å². The van der Waals surface area contributed by atoms with Gasteiger partial charge in [-0.05, 0) is 38.2 Å². The fraction of sp³-hybridized carbons (Fsp3) is 0.476. The first-order valence-corrected chi connectivity index (χ1v) is 9.62. The number of rotatable bonds is 4. The molecule has 1 aromatic carbocycles. The Hall–Kier alpha value is -2.63. The highest BCUT2D eigenvalue weighted by molar-refractivity contribution is 5.94. The van der Waals surface area contributed by atoms with Crippen LogP contribution in [-0.2, 0) is 11.2 Å². The SMILES string of the molecule is Cc1ncoc1C(=O)N1CCC2(CCCN(CCc3ccccc3)C2=O)C1. The third kappa shape index (κ3) is 3.36. The fourth-order valence-corrected chi connectivity index (χ4v) is 4.35. The monoisotopic (exact) mass is 367 g/mol. The predicted molar refractivity (Wildman–Crippen MR) is 100 cm³/mol. The largest absolute Gasteiger partial charge is 0.438 e. The Balaban J connectivity index is 1.43. The molecule has 1 spiro atoms. The third-order valence-corrected chi connectivity index (χ3v) is 5.92. The highest BCUT2D eigenvalue weighted by Gasteiger charge is 2.49. The van der Waals surface area contributed by atoms with Crippen LogP contribution >= 0.6 is 0 Å². The Morgan fingerprint density at radius 3 is 2.78 bits per heavy atom. The summed E-state index contributed by atoms with van der Waals surface area (Å²) in [6, 6.07) is 10.3. The minimum atomic E-state index is -0.432. The molecule has 2 saturated heterocycles. The molecule has 0 bridgehead atoms. The van der Waals surface area contributed by atoms with E-state index in [9.17, 15) is 9.59 Å². The quantitative estimate of drug-likeness (QED) is 0.833. The summed E-state index contributed by atoms with van der Waals surface area (Å²) in [4.78, 5) is 33.7. The molecule has 2 fully saturated rings. The maximum atomic E-state index is 13.2. The number of benzene rings is 1. The van der Waals surface area contributed by atoms with E-state index in [2.05, 4.69) is 17.1 Å². The molecule has 0 radical (unpaired) electrons. The number of hydrogen-bond donors (Lipinski definition) is 0. The van der Waals surface area contributed by atoms with Crippen LogP contribution in [0.4, 0.5) is 0 Å². The van der Waals surface area contributed by atoms with Gasteiger partial charge in [0.05, 0.1) is 11.1 Å². The van der Waals surface area contributed by atoms with Crippen LogP contribution in [0.15, 0.2) is 41.1 Å². The van der Waals surface area contributed by atoms with Crippen LogP contribution in [0.25, 0.3) is 0 Å². The summed E-state index contributed by atoms with van der Waals surface area (Å²) < 4.78 is 5.25. The number of carbonyl (C=O) groups excluding carboxylic acids is 2. The fourth-order valence-electron chi connectivity index (χ4n) is 4.35. The van der Waals surface area contributed by atoms with Crippen LogP contribution in [0.3, 0.4) is 0 Å². The molecule has 2 aliphatic rings. The van der Waals surface area contributed by atoms with Gasteiger partial charge in [-0.3, -0.25) is 9.59 Å². The van der Waals surface area contributed by atoms with Crippen LogP contribution in [0.5, 0.6) is 0 Å². The highest BCUT2D eigenvalue weighted by Crippen LogP contribution is 2.40. The van der Waals surface area contributed by atoms with E-state index >= 15 is 0 Å². The van der Waals surface area contributed by atoms with Gasteiger partial charge in [0.25, 0.3) is 5.91 Å². The van der Waals surface area contributed by atoms with E-state index in [1.54, 1.807) is 11.8 Å². The summed E-state index contributed by atoms with van der Waals surface area (Å²) in [6.07, 6.45) is 4.73. The minimum absolute atomic E-state index is 0.156. The van der Waals surface area contributed by atoms with Crippen molar-refractivity contribution < 1.29 is 14.0 Å². The van der Waals surface area contributed by atoms with Crippen LogP contribution in [0.1, 0.15) is 41.1 Å². The molecule has 2 amide bonds. The molecule has 3 heterocycles. The highest BCUT2D eigenvalue weighted by atomic mass is 16.3. The van der Waals surface area contributed by atoms with Crippen molar-refractivity contribution >= 4 is 11.8 Å². The molecule has 27 heavy (non-hydrogen) atoms. The first kappa shape index (κ1) is 17.8. The van der Waals surface area contributed by atoms with Crippen LogP contribution < -0.4 is 0 Å². The molecule has 0 N–H and O–H groups in total. The second-order valence-electron chi connectivity index (χ2n) is 7.66. The number of aryl methyl sites for hydroxylation is 1. The van der Waals surface area contributed by atoms with Crippen molar-refractivity contribution in [2.75, 3.05) is 26.2 Å². The average molecular weight is 367 g/mol. The smallest absolute Gasteiger partial charge is 0.291 e. The Morgan fingerprint density at radius 1 is 1.22 bits per heavy atom. The minimum Gasteiger partial charge on any atom is -0.438 e. The van der Waals surface area contributed by atoms with E-state index in [0.717, 1.165) is 38.8 Å². The number of amides is 2. The maximum Gasteiger partial charge on any atom is 0.291 e. The number of likely N-dealkylation sites (tertiary alicyclic amines) is 2. The van der Waals surface area contributed by atoms with Crippen molar-refractivity contribution in [2.45, 2.75) is 32.6 Å². The van der Waals surface area contributed by atoms with E-state index < -0.39 is 5.41 Å². The van der Waals surface area contributed by atoms with E-state index in [1.807, 2.05) is 23.1 Å². The Labute approximate surface area is 159 Å². The zero-order valence-electron chi connectivity index (χ0n) is 15.7. The Bertz CT molecular complexity index is 832. The topological polar surface area (TPSA) is 66.7 Å². The molecule has 1 aromatic heterocycles. The molecule has 142 valence electrons. The van der Waals surface area contributed by atoms with E-state index in [4.69, 9.17) is 4.42 Å². The van der Waals surface area contributed by atoms with Crippen LogP contribution in [0.2, 0.25) is 0 Å². The zero-order valence-corrected chi connectivity index (χ0v) is 15.7. The second kappa shape index (κ2) is 7.18. The van der Waals surface area contributed by atoms with Gasteiger partial charge in [-0.1, -0.05) is 30.3 Å². The number of nitrogens with zero attached hydrogens (tertiary/aromatic N) is 3. The molecule has 6 nitrogen and oxygen atoms in total. The number of piperidine rings is 1. The molecule has 1 atom stereocenters. The van der Waals surface area contributed by atoms with Crippen LogP contribution in [-0.4, -0.2) is 52.8 Å². The summed E-state index contributed by atoms with van der Waals surface area (Å²) in [5, 5.41) is 0. The number of hydrogen-bond acceptors (Lipinski definition) is 4. The molecule has 2 aliphatic heterocycles. The first-order valence-electron chi connectivity index (χ1n) is 9.62. The van der Waals surface area contributed by atoms with Crippen molar-refractivity contribution in [3.63, 3.8) is 0 Å². The normalized spacial score (nSPS) is 22.6. The van der Waals surface area contributed by atoms with Gasteiger partial charge in [0.15, 0.2) is 6.39 Å². The van der Waals surface area contributed by atoms with Crippen molar-refractivity contribution in [3.8, 4) is 0 Å². The summed E-state index contributed by atoms with van der Waals surface area (Å²) >= 11 is 0. The van der Waals surface area contributed by atoms with E-state index in [-0.39, 0.29) is 17.6 Å². The number of carbonyl (C=O) groups is 2. The summed E-state index contributed by atoms with van der Waals surface area (Å²) in [5.74, 6) is 0.335. The summed E-state index contributed by atoms with van der Waals surface area (Å²) in [7, 11) is 0. The van der Waals surface area contributed by atoms with Crippen molar-refractivity contribution in [1.29, 1.82) is 0 Å². The van der Waals surface area contributed by atoms with E-state index in [1.165, 1.54) is 12.0 Å². The van der Waals surface area contributed by atoms with Crippen molar-refractivity contribution in [1.82, 2.24) is 14.8 Å². The molecular formula is C21H25N3O3. The second-order valence-corrected chi connectivity index (χ2v) is 7.66. The molecule has 6 heteroatoms. The van der Waals surface area contributed by atoms with E-state index in [0.29, 0.717) is 18.8 Å². The molecule has 0 aliphatic carbocycles. The standard InChI is InChI=1S/C21H25N3O3/c1-16-18(27-15-22-16)19(25)24-13-10-21(14-24)9-5-11-23(20(21)26)12-8-17-6-3-2-4-7-17/h2-4,6-7,15H,5,8-14H2,1H3. The van der Waals surface area contributed by atoms with Gasteiger partial charge in [0.2, 0.25) is 11.7 Å². The lowest BCUT2D eigenvalue weighted by Crippen LogP contribution is -2.50. The molecular weight excluding hydrogens is 342 g/mol. The van der Waals surface area contributed by atoms with Gasteiger partial charge >= 0.3 is 0 Å². The first-order chi connectivity index (χ1) is 13.1. The number of oxazole rings is 1. The summed E-state index contributed by atoms with van der Waals surface area (Å²) in [6.45, 7) is 4.38. The van der Waals surface area contributed by atoms with Crippen molar-refractivity contribution in [2.24, 2.45) is 5.41 Å². The van der Waals surface area contributed by atoms with Gasteiger partial charge in [-0.2, -0.15) is 0 Å². The Kier molecular flexibility index (Phi) is 4.72. The van der Waals surface area contributed by atoms with Gasteiger partial charge in [0.1, 0.15) is 0 Å². The Morgan fingerprint density at radius 2 is 2.04 bits per heavy atom. The third-order valence-electron chi connectivity index (χ3n) is 5.92. The lowest BCUT2D eigenvalue weighted by atomic mass is 9.78. The molecule has 2 aromatic rings.